The third-order valence-corrected chi connectivity index (χ3v) is 12.5. The molecule has 0 aliphatic carbocycles. The fourth-order valence-corrected chi connectivity index (χ4v) is 7.75. The van der Waals surface area contributed by atoms with Gasteiger partial charge in [-0.15, -0.1) is 0 Å². The molecular formula is C60H66N4O2. The van der Waals surface area contributed by atoms with Gasteiger partial charge < -0.3 is 9.80 Å². The molecular weight excluding hydrogens is 809 g/mol. The van der Waals surface area contributed by atoms with E-state index in [-0.39, 0.29) is 33.5 Å². The monoisotopic (exact) mass is 875 g/mol. The van der Waals surface area contributed by atoms with E-state index in [2.05, 4.69) is 187 Å². The number of pyridine rings is 1. The number of amides is 2. The average Bonchev–Trinajstić information content (AvgIpc) is 4.19. The zero-order valence-corrected chi connectivity index (χ0v) is 41.2. The fourth-order valence-electron chi connectivity index (χ4n) is 7.75. The number of benzene rings is 4. The topological polar surface area (TPSA) is 65.4 Å². The highest BCUT2D eigenvalue weighted by atomic mass is 16.2. The van der Waals surface area contributed by atoms with Gasteiger partial charge in [0.2, 0.25) is 11.8 Å². The van der Waals surface area contributed by atoms with Gasteiger partial charge in [-0.25, -0.2) is 0 Å². The Labute approximate surface area is 393 Å². The van der Waals surface area contributed by atoms with Crippen LogP contribution in [0.25, 0.3) is 44.7 Å². The van der Waals surface area contributed by atoms with Crippen molar-refractivity contribution in [2.45, 2.75) is 105 Å². The lowest BCUT2D eigenvalue weighted by Gasteiger charge is -2.26. The Morgan fingerprint density at radius 1 is 0.545 bits per heavy atom. The van der Waals surface area contributed by atoms with Crippen molar-refractivity contribution in [2.75, 3.05) is 22.9 Å². The van der Waals surface area contributed by atoms with E-state index in [1.54, 1.807) is 16.0 Å². The maximum Gasteiger partial charge on any atom is 0.247 e. The Morgan fingerprint density at radius 3 is 1.48 bits per heavy atom. The van der Waals surface area contributed by atoms with Crippen molar-refractivity contribution < 1.29 is 9.59 Å². The number of carbonyl (C=O) groups excluding carboxylic acids is 2. The molecule has 0 saturated carbocycles. The van der Waals surface area contributed by atoms with Gasteiger partial charge in [-0.2, -0.15) is 0 Å². The SMILES string of the molecule is C=C(/C=C\C(=C)c1cc(N2CC2=O)c(-c2ccc(-c3ccc(-c4cc(C(C)(C)C)cc(C(C)(C)C)c4)cn3)cc2)cc1N1CC1=O)C(=C)N=CC(=C)c1cc(C(C)(C)C)cc(C(C)(C)C)c1. The summed E-state index contributed by atoms with van der Waals surface area (Å²) in [6.07, 6.45) is 7.40. The highest BCUT2D eigenvalue weighted by molar-refractivity contribution is 6.17. The second-order valence-corrected chi connectivity index (χ2v) is 22.1. The summed E-state index contributed by atoms with van der Waals surface area (Å²) in [4.78, 5) is 38.5. The largest absolute Gasteiger partial charge is 0.301 e. The second kappa shape index (κ2) is 17.3. The van der Waals surface area contributed by atoms with Gasteiger partial charge in [0, 0.05) is 34.7 Å². The molecule has 4 aromatic carbocycles. The van der Waals surface area contributed by atoms with Crippen LogP contribution in [0.5, 0.6) is 0 Å². The minimum Gasteiger partial charge on any atom is -0.301 e. The van der Waals surface area contributed by atoms with Gasteiger partial charge in [-0.05, 0) is 95.5 Å². The van der Waals surface area contributed by atoms with Crippen LogP contribution in [0, 0.1) is 0 Å². The number of rotatable bonds is 12. The molecule has 0 bridgehead atoms. The molecule has 6 nitrogen and oxygen atoms in total. The van der Waals surface area contributed by atoms with Crippen molar-refractivity contribution >= 4 is 40.5 Å². The van der Waals surface area contributed by atoms with Crippen molar-refractivity contribution in [1.29, 1.82) is 0 Å². The molecule has 66 heavy (non-hydrogen) atoms. The number of carbonyl (C=O) groups is 2. The minimum atomic E-state index is -0.0228. The van der Waals surface area contributed by atoms with E-state index in [0.717, 1.165) is 61.6 Å². The molecule has 1 aromatic heterocycles. The number of aliphatic imine (C=N–C) groups is 1. The fraction of sp³-hybridized carbons (Fsp3) is 0.300. The van der Waals surface area contributed by atoms with Crippen molar-refractivity contribution in [1.82, 2.24) is 4.98 Å². The maximum absolute atomic E-state index is 12.7. The van der Waals surface area contributed by atoms with Crippen LogP contribution in [0.1, 0.15) is 116 Å². The van der Waals surface area contributed by atoms with E-state index in [1.807, 2.05) is 30.5 Å². The number of hydrogen-bond acceptors (Lipinski definition) is 4. The molecule has 2 fully saturated rings. The number of anilines is 2. The number of hydrogen-bond donors (Lipinski definition) is 0. The molecule has 2 aliphatic heterocycles. The lowest BCUT2D eigenvalue weighted by Crippen LogP contribution is -2.17. The van der Waals surface area contributed by atoms with Crippen LogP contribution < -0.4 is 9.80 Å². The summed E-state index contributed by atoms with van der Waals surface area (Å²) >= 11 is 0. The first-order chi connectivity index (χ1) is 30.7. The Kier molecular flexibility index (Phi) is 12.4. The molecule has 0 atom stereocenters. The molecule has 338 valence electrons. The number of nitrogens with zero attached hydrogens (tertiary/aromatic N) is 4. The molecule has 5 aromatic rings. The maximum atomic E-state index is 12.7. The third-order valence-electron chi connectivity index (χ3n) is 12.5. The van der Waals surface area contributed by atoms with Gasteiger partial charge in [0.25, 0.3) is 0 Å². The van der Waals surface area contributed by atoms with Crippen LogP contribution in [-0.4, -0.2) is 36.1 Å². The highest BCUT2D eigenvalue weighted by Gasteiger charge is 2.38. The molecule has 7 rings (SSSR count). The molecule has 0 N–H and O–H groups in total. The van der Waals surface area contributed by atoms with E-state index >= 15 is 0 Å². The van der Waals surface area contributed by atoms with Crippen molar-refractivity contribution in [3.05, 3.63) is 174 Å². The Balaban J connectivity index is 1.12. The van der Waals surface area contributed by atoms with Crippen molar-refractivity contribution in [3.63, 3.8) is 0 Å². The van der Waals surface area contributed by atoms with Crippen LogP contribution in [0.3, 0.4) is 0 Å². The summed E-state index contributed by atoms with van der Waals surface area (Å²) in [7, 11) is 0. The molecule has 2 aliphatic rings. The molecule has 0 radical (unpaired) electrons. The predicted molar refractivity (Wildman–Crippen MR) is 280 cm³/mol. The molecule has 0 unspecified atom stereocenters. The average molecular weight is 875 g/mol. The van der Waals surface area contributed by atoms with Crippen molar-refractivity contribution in [2.24, 2.45) is 4.99 Å². The van der Waals surface area contributed by atoms with Gasteiger partial charge in [0.1, 0.15) is 13.1 Å². The molecule has 0 spiro atoms. The quantitative estimate of drug-likeness (QED) is 0.0712. The first-order valence-electron chi connectivity index (χ1n) is 22.9. The van der Waals surface area contributed by atoms with Gasteiger partial charge in [0.15, 0.2) is 0 Å². The van der Waals surface area contributed by atoms with Gasteiger partial charge in [0.05, 0.1) is 22.8 Å². The predicted octanol–water partition coefficient (Wildman–Crippen LogP) is 14.4. The number of allylic oxidation sites excluding steroid dienone is 4. The minimum absolute atomic E-state index is 0.0170. The van der Waals surface area contributed by atoms with E-state index in [4.69, 9.17) is 4.98 Å². The summed E-state index contributed by atoms with van der Waals surface area (Å²) in [5.41, 5.74) is 16.8. The standard InChI is InChI=1S/C60H66N4O2/c1-37(40(4)61-33-39(3)44-25-46(57(5,6)7)29-47(26-44)58(8,9)10)17-18-38(2)50-31-54(64-36-56(64)66)51(32-53(50)63-35-55(63)65)41-19-21-42(22-20-41)52-24-23-43(34-62-52)45-27-48(59(11,12)13)30-49(28-45)60(14,15)16/h17-34H,1-4,35-36H2,5-16H3/b18-17-,61-33?. The van der Waals surface area contributed by atoms with Crippen LogP contribution in [0.4, 0.5) is 11.4 Å². The summed E-state index contributed by atoms with van der Waals surface area (Å²) in [6, 6.07) is 30.0. The molecule has 3 heterocycles. The zero-order valence-electron chi connectivity index (χ0n) is 41.2. The molecule has 2 saturated heterocycles. The van der Waals surface area contributed by atoms with E-state index < -0.39 is 0 Å². The summed E-state index contributed by atoms with van der Waals surface area (Å²) in [5.74, 6) is 0.0561. The van der Waals surface area contributed by atoms with Crippen LogP contribution in [-0.2, 0) is 31.2 Å². The van der Waals surface area contributed by atoms with E-state index in [0.29, 0.717) is 29.9 Å². The number of aromatic nitrogens is 1. The molecule has 6 heteroatoms. The molecule has 2 amide bonds. The highest BCUT2D eigenvalue weighted by Crippen LogP contribution is 2.44. The third kappa shape index (κ3) is 10.6. The van der Waals surface area contributed by atoms with E-state index in [9.17, 15) is 9.59 Å². The van der Waals surface area contributed by atoms with Crippen molar-refractivity contribution in [3.8, 4) is 33.5 Å². The van der Waals surface area contributed by atoms with Gasteiger partial charge in [-0.1, -0.05) is 188 Å². The van der Waals surface area contributed by atoms with E-state index in [1.165, 1.54) is 22.3 Å². The Hall–Kier alpha value is -6.66. The Morgan fingerprint density at radius 2 is 1.02 bits per heavy atom. The normalized spacial score (nSPS) is 14.4. The van der Waals surface area contributed by atoms with Crippen LogP contribution >= 0.6 is 0 Å². The summed E-state index contributed by atoms with van der Waals surface area (Å²) < 4.78 is 0. The Bertz CT molecular complexity index is 2810. The first-order valence-corrected chi connectivity index (χ1v) is 22.9. The smallest absolute Gasteiger partial charge is 0.247 e. The first kappa shape index (κ1) is 47.3. The second-order valence-electron chi connectivity index (χ2n) is 22.1. The summed E-state index contributed by atoms with van der Waals surface area (Å²) in [6.45, 7) is 44.6. The summed E-state index contributed by atoms with van der Waals surface area (Å²) in [5, 5.41) is 0. The van der Waals surface area contributed by atoms with Gasteiger partial charge >= 0.3 is 0 Å². The zero-order chi connectivity index (χ0) is 48.3. The lowest BCUT2D eigenvalue weighted by molar-refractivity contribution is -0.110. The van der Waals surface area contributed by atoms with Gasteiger partial charge in [-0.3, -0.25) is 19.6 Å². The van der Waals surface area contributed by atoms with Crippen LogP contribution in [0.2, 0.25) is 0 Å². The van der Waals surface area contributed by atoms with Crippen LogP contribution in [0.15, 0.2) is 146 Å². The lowest BCUT2D eigenvalue weighted by atomic mass is 9.79.